The molecular formula is C28H29F2N7O. The Morgan fingerprint density at radius 3 is 2.76 bits per heavy atom. The summed E-state index contributed by atoms with van der Waals surface area (Å²) in [6, 6.07) is 8.35. The Bertz CT molecular complexity index is 1510. The van der Waals surface area contributed by atoms with Crippen LogP contribution < -0.4 is 25.2 Å². The van der Waals surface area contributed by atoms with Crippen molar-refractivity contribution >= 4 is 29.0 Å². The highest BCUT2D eigenvalue weighted by Crippen LogP contribution is 2.68. The smallest absolute Gasteiger partial charge is 0.227 e. The first-order valence-corrected chi connectivity index (χ1v) is 12.8. The van der Waals surface area contributed by atoms with E-state index in [4.69, 9.17) is 14.7 Å². The highest BCUT2D eigenvalue weighted by atomic mass is 19.2. The van der Waals surface area contributed by atoms with E-state index in [9.17, 15) is 8.78 Å². The quantitative estimate of drug-likeness (QED) is 0.464. The van der Waals surface area contributed by atoms with Crippen molar-refractivity contribution in [2.24, 2.45) is 11.3 Å². The Hall–Kier alpha value is -3.95. The van der Waals surface area contributed by atoms with E-state index < -0.39 is 11.6 Å². The van der Waals surface area contributed by atoms with Crippen molar-refractivity contribution in [3.05, 3.63) is 65.4 Å². The van der Waals surface area contributed by atoms with E-state index in [1.807, 2.05) is 19.2 Å². The number of nitrogens with one attached hydrogen (secondary N) is 2. The Balaban J connectivity index is 1.19. The van der Waals surface area contributed by atoms with Crippen LogP contribution in [0.3, 0.4) is 0 Å². The lowest BCUT2D eigenvalue weighted by atomic mass is 9.69. The van der Waals surface area contributed by atoms with Gasteiger partial charge in [-0.2, -0.15) is 9.97 Å². The molecule has 0 amide bonds. The molecule has 2 N–H and O–H groups in total. The van der Waals surface area contributed by atoms with Crippen molar-refractivity contribution < 1.29 is 13.5 Å². The summed E-state index contributed by atoms with van der Waals surface area (Å²) in [6.07, 6.45) is 4.13. The number of fused-ring (bicyclic) bond motifs is 1. The fourth-order valence-electron chi connectivity index (χ4n) is 6.68. The molecule has 38 heavy (non-hydrogen) atoms. The minimum Gasteiger partial charge on any atom is -0.481 e. The molecule has 0 radical (unpaired) electrons. The normalized spacial score (nSPS) is 25.7. The summed E-state index contributed by atoms with van der Waals surface area (Å²) in [5.74, 6) is 0.997. The van der Waals surface area contributed by atoms with Gasteiger partial charge >= 0.3 is 0 Å². The predicted molar refractivity (Wildman–Crippen MR) is 142 cm³/mol. The third kappa shape index (κ3) is 3.15. The number of benzene rings is 1. The van der Waals surface area contributed by atoms with Gasteiger partial charge < -0.3 is 25.2 Å². The standard InChI is InChI=1S/C28H29F2N7O/c1-27(2)13-37(19-7-5-6-18(29)22(19)30)25-21(27)24(31-3)34-26(35-25)33-23-16-11-28(16)14-36(12-17(23)28)15-8-9-32-20(10-15)38-4/h5-11,17,23H,12-14H2,1-4H3,(H2,31,33,34,35). The molecule has 8 nitrogen and oxygen atoms in total. The molecule has 196 valence electrons. The van der Waals surface area contributed by atoms with Gasteiger partial charge in [0, 0.05) is 66.9 Å². The van der Waals surface area contributed by atoms with E-state index in [0.29, 0.717) is 35.9 Å². The van der Waals surface area contributed by atoms with E-state index in [0.717, 1.165) is 30.4 Å². The van der Waals surface area contributed by atoms with Crippen molar-refractivity contribution in [1.82, 2.24) is 15.0 Å². The monoisotopic (exact) mass is 517 g/mol. The third-order valence-electron chi connectivity index (χ3n) is 8.55. The second kappa shape index (κ2) is 7.78. The summed E-state index contributed by atoms with van der Waals surface area (Å²) in [7, 11) is 3.45. The second-order valence-electron chi connectivity index (χ2n) is 11.2. The van der Waals surface area contributed by atoms with Gasteiger partial charge in [-0.3, -0.25) is 0 Å². The van der Waals surface area contributed by atoms with Crippen molar-refractivity contribution in [3.63, 3.8) is 0 Å². The second-order valence-corrected chi connectivity index (χ2v) is 11.2. The molecule has 3 atom stereocenters. The molecule has 2 fully saturated rings. The summed E-state index contributed by atoms with van der Waals surface area (Å²) in [6.45, 7) is 6.42. The summed E-state index contributed by atoms with van der Waals surface area (Å²) in [4.78, 5) is 18.1. The van der Waals surface area contributed by atoms with Crippen LogP contribution in [0, 0.1) is 23.0 Å². The van der Waals surface area contributed by atoms with Gasteiger partial charge in [0.2, 0.25) is 11.8 Å². The van der Waals surface area contributed by atoms with Gasteiger partial charge in [-0.15, -0.1) is 0 Å². The summed E-state index contributed by atoms with van der Waals surface area (Å²) >= 11 is 0. The van der Waals surface area contributed by atoms with Gasteiger partial charge in [0.1, 0.15) is 11.6 Å². The molecule has 4 aliphatic rings. The molecule has 1 aromatic carbocycles. The maximum atomic E-state index is 14.9. The zero-order chi connectivity index (χ0) is 26.4. The van der Waals surface area contributed by atoms with Crippen LogP contribution in [-0.2, 0) is 5.41 Å². The Kier molecular flexibility index (Phi) is 4.75. The number of rotatable bonds is 6. The Morgan fingerprint density at radius 2 is 1.97 bits per heavy atom. The summed E-state index contributed by atoms with van der Waals surface area (Å²) in [5, 5.41) is 6.78. The van der Waals surface area contributed by atoms with E-state index >= 15 is 0 Å². The number of aromatic nitrogens is 3. The molecule has 1 spiro atoms. The van der Waals surface area contributed by atoms with Crippen molar-refractivity contribution in [1.29, 1.82) is 0 Å². The van der Waals surface area contributed by atoms with Crippen LogP contribution in [0.5, 0.6) is 5.88 Å². The number of hydrogen-bond acceptors (Lipinski definition) is 8. The first-order valence-electron chi connectivity index (χ1n) is 12.8. The van der Waals surface area contributed by atoms with Gasteiger partial charge in [0.05, 0.1) is 18.8 Å². The van der Waals surface area contributed by atoms with Gasteiger partial charge in [0.25, 0.3) is 0 Å². The lowest BCUT2D eigenvalue weighted by Gasteiger charge is -2.39. The Labute approximate surface area is 219 Å². The highest BCUT2D eigenvalue weighted by molar-refractivity contribution is 5.76. The van der Waals surface area contributed by atoms with Crippen molar-refractivity contribution in [2.45, 2.75) is 25.3 Å². The third-order valence-corrected chi connectivity index (χ3v) is 8.55. The van der Waals surface area contributed by atoms with E-state index in [2.05, 4.69) is 40.4 Å². The topological polar surface area (TPSA) is 78.4 Å². The first kappa shape index (κ1) is 23.2. The average Bonchev–Trinajstić information content (AvgIpc) is 3.29. The molecule has 0 bridgehead atoms. The molecule has 3 aromatic rings. The van der Waals surface area contributed by atoms with E-state index in [-0.39, 0.29) is 22.6 Å². The van der Waals surface area contributed by atoms with E-state index in [1.54, 1.807) is 24.3 Å². The number of hydrogen-bond donors (Lipinski definition) is 2. The van der Waals surface area contributed by atoms with Gasteiger partial charge in [-0.1, -0.05) is 26.0 Å². The predicted octanol–water partition coefficient (Wildman–Crippen LogP) is 4.49. The Morgan fingerprint density at radius 1 is 1.13 bits per heavy atom. The molecule has 4 heterocycles. The highest BCUT2D eigenvalue weighted by Gasteiger charge is 2.69. The van der Waals surface area contributed by atoms with Gasteiger partial charge in [-0.25, -0.2) is 13.8 Å². The lowest BCUT2D eigenvalue weighted by Crippen LogP contribution is -2.46. The van der Waals surface area contributed by atoms with Crippen LogP contribution in [0.1, 0.15) is 19.4 Å². The van der Waals surface area contributed by atoms with Crippen molar-refractivity contribution in [2.75, 3.05) is 54.2 Å². The zero-order valence-electron chi connectivity index (χ0n) is 21.7. The summed E-state index contributed by atoms with van der Waals surface area (Å²) in [5.41, 5.74) is 3.31. The minimum absolute atomic E-state index is 0.125. The van der Waals surface area contributed by atoms with Crippen LogP contribution in [0.2, 0.25) is 0 Å². The molecule has 10 heteroatoms. The molecule has 2 aliphatic heterocycles. The molecular weight excluding hydrogens is 488 g/mol. The van der Waals surface area contributed by atoms with Crippen LogP contribution in [0.15, 0.2) is 48.2 Å². The number of pyridine rings is 1. The minimum atomic E-state index is -0.876. The fourth-order valence-corrected chi connectivity index (χ4v) is 6.68. The number of methoxy groups -OCH3 is 1. The zero-order valence-corrected chi connectivity index (χ0v) is 21.7. The van der Waals surface area contributed by atoms with Crippen molar-refractivity contribution in [3.8, 4) is 5.88 Å². The fraction of sp³-hybridized carbons (Fsp3) is 0.393. The lowest BCUT2D eigenvalue weighted by molar-refractivity contribution is 0.302. The molecule has 3 unspecified atom stereocenters. The number of nitrogens with zero attached hydrogens (tertiary/aromatic N) is 5. The molecule has 2 aliphatic carbocycles. The maximum absolute atomic E-state index is 14.9. The number of ether oxygens (including phenoxy) is 1. The first-order chi connectivity index (χ1) is 18.3. The SMILES string of the molecule is CNc1nc(NC2C3=CC34CN(c3ccnc(OC)c3)CC24)nc2c1C(C)(C)CN2c1cccc(F)c1F. The van der Waals surface area contributed by atoms with E-state index in [1.165, 1.54) is 11.6 Å². The molecule has 7 rings (SSSR count). The van der Waals surface area contributed by atoms with Gasteiger partial charge in [0.15, 0.2) is 11.6 Å². The van der Waals surface area contributed by atoms with Gasteiger partial charge in [-0.05, 0) is 23.8 Å². The number of halogens is 2. The molecule has 1 saturated carbocycles. The molecule has 1 saturated heterocycles. The summed E-state index contributed by atoms with van der Waals surface area (Å²) < 4.78 is 34.3. The molecule has 2 aromatic heterocycles. The van der Waals surface area contributed by atoms with Crippen LogP contribution in [0.4, 0.5) is 37.7 Å². The van der Waals surface area contributed by atoms with Crippen LogP contribution in [0.25, 0.3) is 0 Å². The maximum Gasteiger partial charge on any atom is 0.227 e. The number of anilines is 5. The largest absolute Gasteiger partial charge is 0.481 e. The van der Waals surface area contributed by atoms with Crippen LogP contribution in [-0.4, -0.2) is 54.8 Å². The van der Waals surface area contributed by atoms with Crippen LogP contribution >= 0.6 is 0 Å². The average molecular weight is 518 g/mol.